The van der Waals surface area contributed by atoms with Gasteiger partial charge in [0.1, 0.15) is 5.82 Å². The van der Waals surface area contributed by atoms with Crippen molar-refractivity contribution in [3.05, 3.63) is 62.8 Å². The van der Waals surface area contributed by atoms with Crippen LogP contribution < -0.4 is 5.32 Å². The minimum absolute atomic E-state index is 0.157. The van der Waals surface area contributed by atoms with E-state index in [0.29, 0.717) is 22.2 Å². The second-order valence-electron chi connectivity index (χ2n) is 4.39. The molecule has 0 saturated carbocycles. The summed E-state index contributed by atoms with van der Waals surface area (Å²) in [6, 6.07) is 9.07. The number of anilines is 1. The molecule has 0 spiro atoms. The molecule has 6 heteroatoms. The Kier molecular flexibility index (Phi) is 5.45. The number of hydrogen-bond donors (Lipinski definition) is 1. The summed E-state index contributed by atoms with van der Waals surface area (Å²) in [7, 11) is 0. The van der Waals surface area contributed by atoms with Crippen LogP contribution in [0.5, 0.6) is 0 Å². The molecule has 110 valence electrons. The molecule has 0 aromatic heterocycles. The molecule has 0 fully saturated rings. The van der Waals surface area contributed by atoms with Crippen LogP contribution in [-0.4, -0.2) is 5.91 Å². The fourth-order valence-corrected chi connectivity index (χ4v) is 2.42. The average molecular weight is 347 g/mol. The summed E-state index contributed by atoms with van der Waals surface area (Å²) in [6.07, 6.45) is 0.664. The van der Waals surface area contributed by atoms with Crippen LogP contribution in [0, 0.1) is 5.82 Å². The van der Waals surface area contributed by atoms with Crippen molar-refractivity contribution in [3.8, 4) is 0 Å². The average Bonchev–Trinajstić information content (AvgIpc) is 2.43. The highest BCUT2D eigenvalue weighted by Gasteiger charge is 2.09. The largest absolute Gasteiger partial charge is 0.325 e. The maximum atomic E-state index is 12.9. The summed E-state index contributed by atoms with van der Waals surface area (Å²) in [4.78, 5) is 11.9. The predicted molar refractivity (Wildman–Crippen MR) is 84.8 cm³/mol. The molecule has 2 aromatic rings. The summed E-state index contributed by atoms with van der Waals surface area (Å²) in [6.45, 7) is 0. The van der Waals surface area contributed by atoms with Crippen LogP contribution in [0.25, 0.3) is 0 Å². The van der Waals surface area contributed by atoms with Gasteiger partial charge in [-0.2, -0.15) is 0 Å². The van der Waals surface area contributed by atoms with Gasteiger partial charge in [-0.3, -0.25) is 4.79 Å². The van der Waals surface area contributed by atoms with E-state index in [4.69, 9.17) is 34.8 Å². The molecule has 0 radical (unpaired) electrons. The van der Waals surface area contributed by atoms with Crippen molar-refractivity contribution >= 4 is 46.4 Å². The van der Waals surface area contributed by atoms with Gasteiger partial charge in [-0.25, -0.2) is 4.39 Å². The first-order valence-electron chi connectivity index (χ1n) is 6.15. The Labute approximate surface area is 136 Å². The Hall–Kier alpha value is -1.29. The van der Waals surface area contributed by atoms with E-state index in [1.165, 1.54) is 12.1 Å². The lowest BCUT2D eigenvalue weighted by atomic mass is 10.1. The highest BCUT2D eigenvalue weighted by atomic mass is 35.5. The molecule has 21 heavy (non-hydrogen) atoms. The van der Waals surface area contributed by atoms with Crippen molar-refractivity contribution in [1.29, 1.82) is 0 Å². The van der Waals surface area contributed by atoms with Gasteiger partial charge >= 0.3 is 0 Å². The van der Waals surface area contributed by atoms with Crippen molar-refractivity contribution in [2.24, 2.45) is 0 Å². The van der Waals surface area contributed by atoms with Gasteiger partial charge in [0, 0.05) is 6.42 Å². The second kappa shape index (κ2) is 7.12. The van der Waals surface area contributed by atoms with Crippen LogP contribution >= 0.6 is 34.8 Å². The Morgan fingerprint density at radius 1 is 1.10 bits per heavy atom. The van der Waals surface area contributed by atoms with Crippen molar-refractivity contribution in [2.45, 2.75) is 12.8 Å². The van der Waals surface area contributed by atoms with E-state index in [0.717, 1.165) is 11.6 Å². The molecule has 0 aliphatic rings. The number of aryl methyl sites for hydroxylation is 1. The summed E-state index contributed by atoms with van der Waals surface area (Å²) in [5.74, 6) is -0.691. The SMILES string of the molecule is O=C(CCc1cccc(Cl)c1Cl)Nc1ccc(F)cc1Cl. The molecule has 2 aromatic carbocycles. The Morgan fingerprint density at radius 3 is 2.57 bits per heavy atom. The number of amides is 1. The minimum atomic E-state index is -0.455. The quantitative estimate of drug-likeness (QED) is 0.793. The first-order chi connectivity index (χ1) is 9.97. The smallest absolute Gasteiger partial charge is 0.224 e. The van der Waals surface area contributed by atoms with E-state index >= 15 is 0 Å². The highest BCUT2D eigenvalue weighted by Crippen LogP contribution is 2.27. The molecular formula is C15H11Cl3FNO. The molecule has 2 nitrogen and oxygen atoms in total. The number of carbonyl (C=O) groups is 1. The van der Waals surface area contributed by atoms with E-state index in [1.54, 1.807) is 12.1 Å². The van der Waals surface area contributed by atoms with Crippen molar-refractivity contribution in [3.63, 3.8) is 0 Å². The van der Waals surface area contributed by atoms with Crippen molar-refractivity contribution in [1.82, 2.24) is 0 Å². The third kappa shape index (κ3) is 4.34. The van der Waals surface area contributed by atoms with E-state index < -0.39 is 5.82 Å². The molecule has 1 amide bonds. The van der Waals surface area contributed by atoms with E-state index in [-0.39, 0.29) is 17.4 Å². The fraction of sp³-hybridized carbons (Fsp3) is 0.133. The van der Waals surface area contributed by atoms with E-state index in [2.05, 4.69) is 5.32 Å². The lowest BCUT2D eigenvalue weighted by Gasteiger charge is -2.08. The number of benzene rings is 2. The number of hydrogen-bond acceptors (Lipinski definition) is 1. The topological polar surface area (TPSA) is 29.1 Å². The standard InChI is InChI=1S/C15H11Cl3FNO/c16-11-3-1-2-9(15(11)18)4-7-14(21)20-13-6-5-10(19)8-12(13)17/h1-3,5-6,8H,4,7H2,(H,20,21). The molecule has 0 aliphatic carbocycles. The minimum Gasteiger partial charge on any atom is -0.325 e. The third-order valence-electron chi connectivity index (χ3n) is 2.86. The zero-order chi connectivity index (χ0) is 15.4. The molecule has 0 atom stereocenters. The number of rotatable bonds is 4. The van der Waals surface area contributed by atoms with E-state index in [1.807, 2.05) is 6.07 Å². The summed E-state index contributed by atoms with van der Waals surface area (Å²) in [5, 5.41) is 3.69. The second-order valence-corrected chi connectivity index (χ2v) is 5.58. The molecule has 0 unspecified atom stereocenters. The van der Waals surface area contributed by atoms with Gasteiger partial charge in [-0.1, -0.05) is 46.9 Å². The Morgan fingerprint density at radius 2 is 1.86 bits per heavy atom. The highest BCUT2D eigenvalue weighted by molar-refractivity contribution is 6.42. The Bertz CT molecular complexity index is 676. The Balaban J connectivity index is 1.97. The van der Waals surface area contributed by atoms with Crippen molar-refractivity contribution in [2.75, 3.05) is 5.32 Å². The van der Waals surface area contributed by atoms with Crippen LogP contribution in [0.3, 0.4) is 0 Å². The van der Waals surface area contributed by atoms with Gasteiger partial charge in [-0.05, 0) is 36.2 Å². The maximum Gasteiger partial charge on any atom is 0.224 e. The monoisotopic (exact) mass is 345 g/mol. The number of nitrogens with one attached hydrogen (secondary N) is 1. The van der Waals surface area contributed by atoms with Gasteiger partial charge in [0.25, 0.3) is 0 Å². The molecular weight excluding hydrogens is 336 g/mol. The van der Waals surface area contributed by atoms with Crippen LogP contribution in [0.15, 0.2) is 36.4 Å². The number of carbonyl (C=O) groups excluding carboxylic acids is 1. The van der Waals surface area contributed by atoms with Crippen molar-refractivity contribution < 1.29 is 9.18 Å². The molecule has 0 saturated heterocycles. The molecule has 0 heterocycles. The normalized spacial score (nSPS) is 10.5. The summed E-state index contributed by atoms with van der Waals surface area (Å²) >= 11 is 17.8. The lowest BCUT2D eigenvalue weighted by Crippen LogP contribution is -2.12. The van der Waals surface area contributed by atoms with Gasteiger partial charge in [-0.15, -0.1) is 0 Å². The maximum absolute atomic E-state index is 12.9. The van der Waals surface area contributed by atoms with Gasteiger partial charge in [0.2, 0.25) is 5.91 Å². The number of halogens is 4. The molecule has 1 N–H and O–H groups in total. The molecule has 0 bridgehead atoms. The van der Waals surface area contributed by atoms with Crippen LogP contribution in [0.2, 0.25) is 15.1 Å². The van der Waals surface area contributed by atoms with Gasteiger partial charge < -0.3 is 5.32 Å². The zero-order valence-electron chi connectivity index (χ0n) is 10.8. The zero-order valence-corrected chi connectivity index (χ0v) is 13.1. The first kappa shape index (κ1) is 16.1. The lowest BCUT2D eigenvalue weighted by molar-refractivity contribution is -0.116. The van der Waals surface area contributed by atoms with Gasteiger partial charge in [0.15, 0.2) is 0 Å². The van der Waals surface area contributed by atoms with Crippen LogP contribution in [0.4, 0.5) is 10.1 Å². The summed E-state index contributed by atoms with van der Waals surface area (Å²) in [5.41, 5.74) is 1.17. The van der Waals surface area contributed by atoms with E-state index in [9.17, 15) is 9.18 Å². The predicted octanol–water partition coefficient (Wildman–Crippen LogP) is 5.36. The van der Waals surface area contributed by atoms with Crippen LogP contribution in [-0.2, 0) is 11.2 Å². The van der Waals surface area contributed by atoms with Gasteiger partial charge in [0.05, 0.1) is 20.8 Å². The third-order valence-corrected chi connectivity index (χ3v) is 4.03. The summed E-state index contributed by atoms with van der Waals surface area (Å²) < 4.78 is 12.9. The first-order valence-corrected chi connectivity index (χ1v) is 7.28. The molecule has 0 aliphatic heterocycles. The fourth-order valence-electron chi connectivity index (χ4n) is 1.79. The van der Waals surface area contributed by atoms with Crippen LogP contribution in [0.1, 0.15) is 12.0 Å². The molecule has 2 rings (SSSR count).